The third-order valence-corrected chi connectivity index (χ3v) is 5.90. The first-order valence-corrected chi connectivity index (χ1v) is 7.27. The molecule has 1 nitrogen and oxygen atoms in total. The summed E-state index contributed by atoms with van der Waals surface area (Å²) in [5, 5.41) is 3.34. The number of nitrogens with two attached hydrogens (primary N) is 1. The standard InChI is InChI=1S/C9H6BrCl2NS2/c10-9-5(12)3-6(15-9)7(13)8-4(11)1-2-14-8/h1-3,7H,13H2. The van der Waals surface area contributed by atoms with E-state index < -0.39 is 0 Å². The fourth-order valence-corrected chi connectivity index (χ4v) is 4.20. The molecular weight excluding hydrogens is 337 g/mol. The molecule has 0 aliphatic heterocycles. The monoisotopic (exact) mass is 341 g/mol. The first kappa shape index (κ1) is 11.9. The zero-order valence-electron chi connectivity index (χ0n) is 7.34. The third-order valence-electron chi connectivity index (χ3n) is 1.90. The first-order chi connectivity index (χ1) is 7.09. The van der Waals surface area contributed by atoms with Gasteiger partial charge in [0.1, 0.15) is 0 Å². The molecule has 2 aromatic heterocycles. The maximum Gasteiger partial charge on any atom is 0.0888 e. The lowest BCUT2D eigenvalue weighted by Crippen LogP contribution is -2.08. The average Bonchev–Trinajstić information content (AvgIpc) is 2.74. The number of rotatable bonds is 2. The quantitative estimate of drug-likeness (QED) is 0.822. The molecule has 0 amide bonds. The van der Waals surface area contributed by atoms with Gasteiger partial charge in [0.2, 0.25) is 0 Å². The van der Waals surface area contributed by atoms with Gasteiger partial charge in [-0.25, -0.2) is 0 Å². The number of hydrogen-bond donors (Lipinski definition) is 1. The van der Waals surface area contributed by atoms with Crippen molar-refractivity contribution in [2.24, 2.45) is 5.73 Å². The van der Waals surface area contributed by atoms with Gasteiger partial charge >= 0.3 is 0 Å². The molecule has 1 atom stereocenters. The number of halogens is 3. The molecule has 2 N–H and O–H groups in total. The third kappa shape index (κ3) is 2.40. The van der Waals surface area contributed by atoms with E-state index in [1.165, 1.54) is 11.3 Å². The summed E-state index contributed by atoms with van der Waals surface area (Å²) in [5.41, 5.74) is 6.10. The minimum Gasteiger partial charge on any atom is -0.319 e. The highest BCUT2D eigenvalue weighted by atomic mass is 79.9. The highest BCUT2D eigenvalue weighted by Gasteiger charge is 2.17. The van der Waals surface area contributed by atoms with E-state index in [1.54, 1.807) is 11.3 Å². The van der Waals surface area contributed by atoms with Crippen molar-refractivity contribution in [3.05, 3.63) is 41.1 Å². The van der Waals surface area contributed by atoms with Crippen molar-refractivity contribution in [1.82, 2.24) is 0 Å². The Morgan fingerprint density at radius 1 is 1.33 bits per heavy atom. The van der Waals surface area contributed by atoms with Crippen LogP contribution in [0.5, 0.6) is 0 Å². The van der Waals surface area contributed by atoms with Gasteiger partial charge in [0, 0.05) is 9.75 Å². The average molecular weight is 343 g/mol. The van der Waals surface area contributed by atoms with Crippen molar-refractivity contribution in [1.29, 1.82) is 0 Å². The molecule has 0 saturated heterocycles. The summed E-state index contributed by atoms with van der Waals surface area (Å²) >= 11 is 18.4. The second kappa shape index (κ2) is 4.73. The molecule has 0 aliphatic carbocycles. The topological polar surface area (TPSA) is 26.0 Å². The van der Waals surface area contributed by atoms with E-state index in [0.29, 0.717) is 10.0 Å². The molecule has 0 spiro atoms. The minimum absolute atomic E-state index is 0.189. The van der Waals surface area contributed by atoms with Crippen molar-refractivity contribution in [3.8, 4) is 0 Å². The van der Waals surface area contributed by atoms with Gasteiger partial charge in [0.15, 0.2) is 0 Å². The Morgan fingerprint density at radius 3 is 2.53 bits per heavy atom. The molecule has 2 aromatic rings. The van der Waals surface area contributed by atoms with E-state index in [1.807, 2.05) is 17.5 Å². The van der Waals surface area contributed by atoms with E-state index in [9.17, 15) is 0 Å². The molecule has 0 aliphatic rings. The zero-order chi connectivity index (χ0) is 11.0. The van der Waals surface area contributed by atoms with Gasteiger partial charge in [-0.05, 0) is 33.4 Å². The summed E-state index contributed by atoms with van der Waals surface area (Å²) in [5.74, 6) is 0. The summed E-state index contributed by atoms with van der Waals surface area (Å²) < 4.78 is 0.905. The molecule has 2 heterocycles. The summed E-state index contributed by atoms with van der Waals surface area (Å²) in [6.07, 6.45) is 0. The second-order valence-electron chi connectivity index (χ2n) is 2.88. The van der Waals surface area contributed by atoms with Gasteiger partial charge in [-0.2, -0.15) is 0 Å². The Bertz CT molecular complexity index is 461. The van der Waals surface area contributed by atoms with Gasteiger partial charge in [-0.3, -0.25) is 0 Å². The predicted octanol–water partition coefficient (Wildman–Crippen LogP) is 4.93. The summed E-state index contributed by atoms with van der Waals surface area (Å²) in [7, 11) is 0. The van der Waals surface area contributed by atoms with Crippen LogP contribution in [-0.2, 0) is 0 Å². The number of hydrogen-bond acceptors (Lipinski definition) is 3. The Labute approximate surface area is 114 Å². The van der Waals surface area contributed by atoms with Crippen LogP contribution in [0.4, 0.5) is 0 Å². The summed E-state index contributed by atoms with van der Waals surface area (Å²) in [6.45, 7) is 0. The molecule has 15 heavy (non-hydrogen) atoms. The molecule has 2 rings (SSSR count). The SMILES string of the molecule is NC(c1cc(Cl)c(Br)s1)c1sccc1Cl. The molecule has 0 saturated carbocycles. The van der Waals surface area contributed by atoms with Crippen LogP contribution in [0, 0.1) is 0 Å². The molecule has 1 unspecified atom stereocenters. The largest absolute Gasteiger partial charge is 0.319 e. The predicted molar refractivity (Wildman–Crippen MR) is 72.4 cm³/mol. The van der Waals surface area contributed by atoms with E-state index in [4.69, 9.17) is 28.9 Å². The highest BCUT2D eigenvalue weighted by molar-refractivity contribution is 9.11. The van der Waals surface area contributed by atoms with Crippen LogP contribution in [0.3, 0.4) is 0 Å². The van der Waals surface area contributed by atoms with Crippen LogP contribution in [0.2, 0.25) is 10.0 Å². The van der Waals surface area contributed by atoms with Crippen LogP contribution in [0.25, 0.3) is 0 Å². The van der Waals surface area contributed by atoms with Crippen molar-refractivity contribution in [3.63, 3.8) is 0 Å². The first-order valence-electron chi connectivity index (χ1n) is 4.03. The van der Waals surface area contributed by atoms with Crippen LogP contribution >= 0.6 is 61.8 Å². The van der Waals surface area contributed by atoms with E-state index >= 15 is 0 Å². The van der Waals surface area contributed by atoms with Crippen LogP contribution in [0.15, 0.2) is 21.3 Å². The van der Waals surface area contributed by atoms with Crippen LogP contribution < -0.4 is 5.73 Å². The Balaban J connectivity index is 2.36. The molecular formula is C9H6BrCl2NS2. The lowest BCUT2D eigenvalue weighted by Gasteiger charge is -2.07. The Kier molecular flexibility index (Phi) is 3.75. The van der Waals surface area contributed by atoms with Gasteiger partial charge in [-0.1, -0.05) is 23.2 Å². The molecule has 6 heteroatoms. The Hall–Kier alpha value is 0.420. The van der Waals surface area contributed by atoms with Crippen molar-refractivity contribution in [2.75, 3.05) is 0 Å². The van der Waals surface area contributed by atoms with Gasteiger partial charge in [0.05, 0.1) is 19.9 Å². The van der Waals surface area contributed by atoms with Crippen molar-refractivity contribution < 1.29 is 0 Å². The summed E-state index contributed by atoms with van der Waals surface area (Å²) in [4.78, 5) is 1.98. The molecule has 0 aromatic carbocycles. The van der Waals surface area contributed by atoms with E-state index in [2.05, 4.69) is 15.9 Å². The van der Waals surface area contributed by atoms with Crippen molar-refractivity contribution >= 4 is 61.8 Å². The van der Waals surface area contributed by atoms with Crippen LogP contribution in [-0.4, -0.2) is 0 Å². The molecule has 80 valence electrons. The lowest BCUT2D eigenvalue weighted by atomic mass is 10.2. The smallest absolute Gasteiger partial charge is 0.0888 e. The summed E-state index contributed by atoms with van der Waals surface area (Å²) in [6, 6.07) is 3.54. The normalized spacial score (nSPS) is 13.1. The van der Waals surface area contributed by atoms with Crippen molar-refractivity contribution in [2.45, 2.75) is 6.04 Å². The van der Waals surface area contributed by atoms with Crippen LogP contribution in [0.1, 0.15) is 15.8 Å². The fraction of sp³-hybridized carbons (Fsp3) is 0.111. The maximum absolute atomic E-state index is 6.10. The van der Waals surface area contributed by atoms with Gasteiger partial charge in [-0.15, -0.1) is 22.7 Å². The molecule has 0 fully saturated rings. The Morgan fingerprint density at radius 2 is 2.07 bits per heavy atom. The lowest BCUT2D eigenvalue weighted by molar-refractivity contribution is 0.918. The number of thiophene rings is 2. The van der Waals surface area contributed by atoms with E-state index in [-0.39, 0.29) is 6.04 Å². The molecule has 0 bridgehead atoms. The fourth-order valence-electron chi connectivity index (χ4n) is 1.17. The van der Waals surface area contributed by atoms with E-state index in [0.717, 1.165) is 13.5 Å². The molecule has 0 radical (unpaired) electrons. The zero-order valence-corrected chi connectivity index (χ0v) is 12.1. The van der Waals surface area contributed by atoms with Gasteiger partial charge in [0.25, 0.3) is 0 Å². The second-order valence-corrected chi connectivity index (χ2v) is 7.04. The minimum atomic E-state index is -0.189. The maximum atomic E-state index is 6.10. The van der Waals surface area contributed by atoms with Gasteiger partial charge < -0.3 is 5.73 Å². The highest BCUT2D eigenvalue weighted by Crippen LogP contribution is 2.39.